The van der Waals surface area contributed by atoms with Crippen LogP contribution < -0.4 is 5.32 Å². The van der Waals surface area contributed by atoms with Gasteiger partial charge in [-0.15, -0.1) is 0 Å². The van der Waals surface area contributed by atoms with Crippen LogP contribution in [0.1, 0.15) is 26.7 Å². The third-order valence-electron chi connectivity index (χ3n) is 3.62. The fourth-order valence-electron chi connectivity index (χ4n) is 2.40. The van der Waals surface area contributed by atoms with E-state index in [0.717, 1.165) is 19.4 Å². The maximum Gasteiger partial charge on any atom is 0.226 e. The predicted molar refractivity (Wildman–Crippen MR) is 62.3 cm³/mol. The maximum absolute atomic E-state index is 12.0. The average molecular weight is 240 g/mol. The van der Waals surface area contributed by atoms with E-state index in [9.17, 15) is 9.59 Å². The molecule has 0 saturated carbocycles. The van der Waals surface area contributed by atoms with Crippen molar-refractivity contribution in [1.29, 1.82) is 0 Å². The highest BCUT2D eigenvalue weighted by Crippen LogP contribution is 2.21. The van der Waals surface area contributed by atoms with Gasteiger partial charge >= 0.3 is 0 Å². The lowest BCUT2D eigenvalue weighted by molar-refractivity contribution is -0.140. The molecule has 5 heteroatoms. The Morgan fingerprint density at radius 2 is 2.06 bits per heavy atom. The van der Waals surface area contributed by atoms with Gasteiger partial charge in [0.15, 0.2) is 0 Å². The van der Waals surface area contributed by atoms with Crippen molar-refractivity contribution in [2.75, 3.05) is 19.7 Å². The van der Waals surface area contributed by atoms with E-state index in [4.69, 9.17) is 4.74 Å². The molecule has 0 aromatic rings. The molecule has 5 nitrogen and oxygen atoms in total. The van der Waals surface area contributed by atoms with Gasteiger partial charge in [0.1, 0.15) is 0 Å². The standard InChI is InChI=1S/C12H20N2O3/c1-8-11(4-3-5-17-8)12(16)13-10-6-14(7-10)9(2)15/h8,10-11H,3-7H2,1-2H3,(H,13,16)/t8-,11-/m1/s1. The van der Waals surface area contributed by atoms with Gasteiger partial charge in [0, 0.05) is 26.6 Å². The molecule has 17 heavy (non-hydrogen) atoms. The third kappa shape index (κ3) is 2.77. The molecule has 0 bridgehead atoms. The SMILES string of the molecule is CC(=O)N1CC(NC(=O)[C@@H]2CCCO[C@@H]2C)C1. The summed E-state index contributed by atoms with van der Waals surface area (Å²) >= 11 is 0. The van der Waals surface area contributed by atoms with Crippen molar-refractivity contribution in [3.63, 3.8) is 0 Å². The molecule has 2 amide bonds. The highest BCUT2D eigenvalue weighted by molar-refractivity contribution is 5.80. The number of nitrogens with one attached hydrogen (secondary N) is 1. The molecule has 0 aromatic heterocycles. The van der Waals surface area contributed by atoms with E-state index in [2.05, 4.69) is 5.32 Å². The highest BCUT2D eigenvalue weighted by atomic mass is 16.5. The minimum atomic E-state index is -0.0323. The molecule has 2 aliphatic heterocycles. The molecule has 0 unspecified atom stereocenters. The van der Waals surface area contributed by atoms with Crippen LogP contribution in [0.4, 0.5) is 0 Å². The Bertz CT molecular complexity index is 313. The Hall–Kier alpha value is -1.10. The molecule has 0 radical (unpaired) electrons. The largest absolute Gasteiger partial charge is 0.378 e. The van der Waals surface area contributed by atoms with Crippen molar-refractivity contribution < 1.29 is 14.3 Å². The number of ether oxygens (including phenoxy) is 1. The van der Waals surface area contributed by atoms with Crippen LogP contribution >= 0.6 is 0 Å². The Labute approximate surface area is 101 Å². The van der Waals surface area contributed by atoms with Crippen LogP contribution in [-0.4, -0.2) is 48.6 Å². The van der Waals surface area contributed by atoms with Gasteiger partial charge in [-0.1, -0.05) is 0 Å². The van der Waals surface area contributed by atoms with Crippen LogP contribution in [0.2, 0.25) is 0 Å². The fraction of sp³-hybridized carbons (Fsp3) is 0.833. The second-order valence-electron chi connectivity index (χ2n) is 4.95. The summed E-state index contributed by atoms with van der Waals surface area (Å²) in [5.41, 5.74) is 0. The summed E-state index contributed by atoms with van der Waals surface area (Å²) in [4.78, 5) is 24.7. The molecule has 2 heterocycles. The molecular formula is C12H20N2O3. The third-order valence-corrected chi connectivity index (χ3v) is 3.62. The first kappa shape index (κ1) is 12.4. The Kier molecular flexibility index (Phi) is 3.66. The monoisotopic (exact) mass is 240 g/mol. The van der Waals surface area contributed by atoms with Crippen molar-refractivity contribution in [3.8, 4) is 0 Å². The minimum absolute atomic E-state index is 0.00716. The van der Waals surface area contributed by atoms with Crippen LogP contribution in [-0.2, 0) is 14.3 Å². The summed E-state index contributed by atoms with van der Waals surface area (Å²) in [5.74, 6) is 0.116. The Morgan fingerprint density at radius 1 is 1.35 bits per heavy atom. The lowest BCUT2D eigenvalue weighted by Crippen LogP contribution is -2.61. The first-order valence-corrected chi connectivity index (χ1v) is 6.25. The molecule has 1 N–H and O–H groups in total. The number of hydrogen-bond acceptors (Lipinski definition) is 3. The second kappa shape index (κ2) is 5.04. The quantitative estimate of drug-likeness (QED) is 0.747. The van der Waals surface area contributed by atoms with Gasteiger partial charge < -0.3 is 15.0 Å². The van der Waals surface area contributed by atoms with Crippen molar-refractivity contribution in [3.05, 3.63) is 0 Å². The van der Waals surface area contributed by atoms with E-state index in [1.165, 1.54) is 0 Å². The first-order valence-electron chi connectivity index (χ1n) is 6.25. The van der Waals surface area contributed by atoms with Crippen molar-refractivity contribution in [2.45, 2.75) is 38.8 Å². The highest BCUT2D eigenvalue weighted by Gasteiger charge is 2.34. The molecule has 2 atom stereocenters. The molecule has 2 aliphatic rings. The number of nitrogens with zero attached hydrogens (tertiary/aromatic N) is 1. The van der Waals surface area contributed by atoms with E-state index in [1.54, 1.807) is 11.8 Å². The molecule has 0 aromatic carbocycles. The zero-order chi connectivity index (χ0) is 12.4. The van der Waals surface area contributed by atoms with Gasteiger partial charge in [-0.3, -0.25) is 9.59 Å². The van der Waals surface area contributed by atoms with E-state index in [1.807, 2.05) is 6.92 Å². The zero-order valence-electron chi connectivity index (χ0n) is 10.4. The second-order valence-corrected chi connectivity index (χ2v) is 4.95. The zero-order valence-corrected chi connectivity index (χ0v) is 10.4. The van der Waals surface area contributed by atoms with Gasteiger partial charge in [-0.05, 0) is 19.8 Å². The van der Waals surface area contributed by atoms with Gasteiger partial charge in [-0.2, -0.15) is 0 Å². The number of carbonyl (C=O) groups excluding carboxylic acids is 2. The molecule has 2 fully saturated rings. The predicted octanol–water partition coefficient (Wildman–Crippen LogP) is 0.148. The van der Waals surface area contributed by atoms with Crippen LogP contribution in [0.15, 0.2) is 0 Å². The van der Waals surface area contributed by atoms with Crippen molar-refractivity contribution in [1.82, 2.24) is 10.2 Å². The Balaban J connectivity index is 1.76. The molecule has 2 saturated heterocycles. The lowest BCUT2D eigenvalue weighted by atomic mass is 9.93. The summed E-state index contributed by atoms with van der Waals surface area (Å²) in [5, 5.41) is 2.99. The van der Waals surface area contributed by atoms with Crippen LogP contribution in [0.5, 0.6) is 0 Å². The van der Waals surface area contributed by atoms with Gasteiger partial charge in [0.25, 0.3) is 0 Å². The smallest absolute Gasteiger partial charge is 0.226 e. The number of amides is 2. The molecule has 96 valence electrons. The summed E-state index contributed by atoms with van der Waals surface area (Å²) in [6, 6.07) is 0.125. The van der Waals surface area contributed by atoms with Crippen molar-refractivity contribution >= 4 is 11.8 Å². The number of likely N-dealkylation sites (tertiary alicyclic amines) is 1. The van der Waals surface area contributed by atoms with Crippen LogP contribution in [0, 0.1) is 5.92 Å². The molecule has 2 rings (SSSR count). The van der Waals surface area contributed by atoms with Gasteiger partial charge in [0.05, 0.1) is 18.1 Å². The molecular weight excluding hydrogens is 220 g/mol. The minimum Gasteiger partial charge on any atom is -0.378 e. The summed E-state index contributed by atoms with van der Waals surface area (Å²) in [6.45, 7) is 5.54. The van der Waals surface area contributed by atoms with E-state index < -0.39 is 0 Å². The summed E-state index contributed by atoms with van der Waals surface area (Å²) in [7, 11) is 0. The average Bonchev–Trinajstić information content (AvgIpc) is 2.22. The molecule has 0 aliphatic carbocycles. The van der Waals surface area contributed by atoms with E-state index >= 15 is 0 Å². The normalized spacial score (nSPS) is 29.6. The fourth-order valence-corrected chi connectivity index (χ4v) is 2.40. The van der Waals surface area contributed by atoms with Crippen molar-refractivity contribution in [2.24, 2.45) is 5.92 Å². The van der Waals surface area contributed by atoms with Crippen LogP contribution in [0.3, 0.4) is 0 Å². The molecule has 0 spiro atoms. The Morgan fingerprint density at radius 3 is 2.65 bits per heavy atom. The lowest BCUT2D eigenvalue weighted by Gasteiger charge is -2.40. The van der Waals surface area contributed by atoms with Gasteiger partial charge in [0.2, 0.25) is 11.8 Å². The number of rotatable bonds is 2. The maximum atomic E-state index is 12.0. The summed E-state index contributed by atoms with van der Waals surface area (Å²) in [6.07, 6.45) is 1.86. The van der Waals surface area contributed by atoms with Gasteiger partial charge in [-0.25, -0.2) is 0 Å². The number of hydrogen-bond donors (Lipinski definition) is 1. The van der Waals surface area contributed by atoms with E-state index in [0.29, 0.717) is 13.1 Å². The number of carbonyl (C=O) groups is 2. The van der Waals surface area contributed by atoms with E-state index in [-0.39, 0.29) is 29.9 Å². The first-order chi connectivity index (χ1) is 8.08. The van der Waals surface area contributed by atoms with Crippen LogP contribution in [0.25, 0.3) is 0 Å². The topological polar surface area (TPSA) is 58.6 Å². The summed E-state index contributed by atoms with van der Waals surface area (Å²) < 4.78 is 5.48.